The van der Waals surface area contributed by atoms with Gasteiger partial charge >= 0.3 is 0 Å². The van der Waals surface area contributed by atoms with Crippen LogP contribution in [0, 0.1) is 0 Å². The van der Waals surface area contributed by atoms with Gasteiger partial charge in [0.05, 0.1) is 6.67 Å². The summed E-state index contributed by atoms with van der Waals surface area (Å²) in [5, 5.41) is 18.1. The normalized spacial score (nSPS) is 11.4. The Bertz CT molecular complexity index is 1090. The van der Waals surface area contributed by atoms with Gasteiger partial charge in [-0.25, -0.2) is 0 Å². The van der Waals surface area contributed by atoms with Crippen LogP contribution in [0.3, 0.4) is 0 Å². The monoisotopic (exact) mass is 408 g/mol. The molecule has 31 heavy (non-hydrogen) atoms. The van der Waals surface area contributed by atoms with Crippen molar-refractivity contribution in [2.45, 2.75) is 13.1 Å². The van der Waals surface area contributed by atoms with E-state index in [4.69, 9.17) is 0 Å². The molecule has 0 saturated heterocycles. The van der Waals surface area contributed by atoms with Gasteiger partial charge in [0, 0.05) is 37.9 Å². The fraction of sp³-hybridized carbons (Fsp3) is 0.111. The molecular weight excluding hydrogens is 380 g/mol. The molecule has 0 aliphatic rings. The van der Waals surface area contributed by atoms with Gasteiger partial charge in [-0.2, -0.15) is 0 Å². The van der Waals surface area contributed by atoms with Crippen molar-refractivity contribution < 1.29 is 0 Å². The van der Waals surface area contributed by atoms with Crippen LogP contribution in [-0.2, 0) is 13.1 Å². The molecule has 0 aliphatic heterocycles. The number of hydrogen-bond acceptors (Lipinski definition) is 4. The van der Waals surface area contributed by atoms with Crippen molar-refractivity contribution in [3.05, 3.63) is 121 Å². The van der Waals surface area contributed by atoms with Crippen molar-refractivity contribution in [2.75, 3.05) is 6.67 Å². The molecule has 156 valence electrons. The zero-order chi connectivity index (χ0) is 21.1. The van der Waals surface area contributed by atoms with Crippen LogP contribution in [0.5, 0.6) is 0 Å². The van der Waals surface area contributed by atoms with Gasteiger partial charge in [-0.3, -0.25) is 0 Å². The highest BCUT2D eigenvalue weighted by Crippen LogP contribution is 2.16. The molecule has 0 bridgehead atoms. The molecule has 0 atom stereocenters. The van der Waals surface area contributed by atoms with Crippen LogP contribution in [0.15, 0.2) is 110 Å². The van der Waals surface area contributed by atoms with Crippen LogP contribution in [0.4, 0.5) is 0 Å². The summed E-state index contributed by atoms with van der Waals surface area (Å²) in [4.78, 5) is 0. The van der Waals surface area contributed by atoms with E-state index in [-0.39, 0.29) is 0 Å². The molecule has 0 saturated carbocycles. The molecule has 0 heterocycles. The lowest BCUT2D eigenvalue weighted by atomic mass is 10.1. The van der Waals surface area contributed by atoms with Gasteiger partial charge in [0.15, 0.2) is 0 Å². The summed E-state index contributed by atoms with van der Waals surface area (Å²) in [5.74, 6) is 0. The smallest absolute Gasteiger partial charge is 0.0840 e. The van der Waals surface area contributed by atoms with E-state index in [9.17, 15) is 0 Å². The van der Waals surface area contributed by atoms with Crippen molar-refractivity contribution in [2.24, 2.45) is 0 Å². The number of benzene rings is 4. The fourth-order valence-electron chi connectivity index (χ4n) is 3.46. The molecule has 0 amide bonds. The van der Waals surface area contributed by atoms with Crippen LogP contribution >= 0.6 is 0 Å². The average Bonchev–Trinajstić information content (AvgIpc) is 2.82. The molecule has 0 aromatic heterocycles. The van der Waals surface area contributed by atoms with E-state index >= 15 is 0 Å². The minimum absolute atomic E-state index is 0.655. The van der Waals surface area contributed by atoms with Crippen molar-refractivity contribution in [3.8, 4) is 0 Å². The second-order valence-corrected chi connectivity index (χ2v) is 7.38. The second kappa shape index (κ2) is 10.7. The highest BCUT2D eigenvalue weighted by molar-refractivity contribution is 5.83. The predicted octanol–water partition coefficient (Wildman–Crippen LogP) is 4.95. The number of hydrogen-bond donors (Lipinski definition) is 4. The highest BCUT2D eigenvalue weighted by atomic mass is 15.0. The highest BCUT2D eigenvalue weighted by Gasteiger charge is 1.95. The maximum atomic E-state index is 3.31. The van der Waals surface area contributed by atoms with E-state index in [0.29, 0.717) is 6.67 Å². The Morgan fingerprint density at radius 2 is 0.871 bits per heavy atom. The average molecular weight is 409 g/mol. The molecule has 0 aliphatic carbocycles. The van der Waals surface area contributed by atoms with E-state index < -0.39 is 0 Å². The van der Waals surface area contributed by atoms with E-state index in [2.05, 4.69) is 106 Å². The van der Waals surface area contributed by atoms with Crippen molar-refractivity contribution in [1.29, 1.82) is 0 Å². The molecule has 4 aromatic carbocycles. The molecule has 4 heteroatoms. The van der Waals surface area contributed by atoms with E-state index in [1.54, 1.807) is 0 Å². The second-order valence-electron chi connectivity index (χ2n) is 7.38. The Hall–Kier alpha value is -3.92. The summed E-state index contributed by atoms with van der Waals surface area (Å²) in [6.07, 6.45) is 7.67. The van der Waals surface area contributed by atoms with Crippen molar-refractivity contribution >= 4 is 21.5 Å². The predicted molar refractivity (Wildman–Crippen MR) is 131 cm³/mol. The Morgan fingerprint density at radius 3 is 1.35 bits per heavy atom. The minimum Gasteiger partial charge on any atom is -0.386 e. The van der Waals surface area contributed by atoms with Crippen LogP contribution in [0.25, 0.3) is 21.5 Å². The van der Waals surface area contributed by atoms with Crippen molar-refractivity contribution in [3.63, 3.8) is 0 Å². The topological polar surface area (TPSA) is 48.1 Å². The fourth-order valence-corrected chi connectivity index (χ4v) is 3.46. The summed E-state index contributed by atoms with van der Waals surface area (Å²) < 4.78 is 0. The van der Waals surface area contributed by atoms with Gasteiger partial charge in [-0.15, -0.1) is 0 Å². The maximum absolute atomic E-state index is 3.31. The SMILES string of the molecule is C(=C/NCc1ccc2ccccc2c1)/NCN/C=C\NCc1ccc2ccccc2c1. The Labute approximate surface area is 183 Å². The van der Waals surface area contributed by atoms with Gasteiger partial charge in [0.25, 0.3) is 0 Å². The van der Waals surface area contributed by atoms with Crippen molar-refractivity contribution in [1.82, 2.24) is 21.3 Å². The van der Waals surface area contributed by atoms with Crippen LogP contribution in [-0.4, -0.2) is 6.67 Å². The molecule has 0 radical (unpaired) electrons. The third-order valence-corrected chi connectivity index (χ3v) is 5.08. The summed E-state index contributed by atoms with van der Waals surface area (Å²) in [6, 6.07) is 29.9. The first kappa shape index (κ1) is 20.4. The first-order valence-electron chi connectivity index (χ1n) is 10.6. The summed E-state index contributed by atoms with van der Waals surface area (Å²) in [6.45, 7) is 2.26. The van der Waals surface area contributed by atoms with Gasteiger partial charge < -0.3 is 21.3 Å². The van der Waals surface area contributed by atoms with E-state index in [0.717, 1.165) is 13.1 Å². The summed E-state index contributed by atoms with van der Waals surface area (Å²) in [5.41, 5.74) is 2.53. The lowest BCUT2D eigenvalue weighted by Gasteiger charge is -2.05. The van der Waals surface area contributed by atoms with Crippen LogP contribution in [0.1, 0.15) is 11.1 Å². The van der Waals surface area contributed by atoms with Crippen LogP contribution in [0.2, 0.25) is 0 Å². The van der Waals surface area contributed by atoms with E-state index in [1.165, 1.54) is 32.7 Å². The van der Waals surface area contributed by atoms with Gasteiger partial charge in [-0.1, -0.05) is 72.8 Å². The molecule has 4 N–H and O–H groups in total. The minimum atomic E-state index is 0.655. The standard InChI is InChI=1S/C27H28N4/c1-3-7-26-17-22(9-11-24(26)5-1)19-28-13-15-30-21-31-16-14-29-20-23-10-12-25-6-2-4-8-27(25)18-23/h1-18,28-31H,19-21H2/b15-13-,16-14-. The third-order valence-electron chi connectivity index (χ3n) is 5.08. The zero-order valence-corrected chi connectivity index (χ0v) is 17.5. The van der Waals surface area contributed by atoms with Gasteiger partial charge in [0.2, 0.25) is 0 Å². The molecule has 0 unspecified atom stereocenters. The van der Waals surface area contributed by atoms with Gasteiger partial charge in [-0.05, 0) is 44.8 Å². The Kier molecular flexibility index (Phi) is 7.05. The van der Waals surface area contributed by atoms with E-state index in [1.807, 2.05) is 24.8 Å². The third kappa shape index (κ3) is 6.03. The maximum Gasteiger partial charge on any atom is 0.0840 e. The molecular formula is C27H28N4. The lowest BCUT2D eigenvalue weighted by Crippen LogP contribution is -2.21. The molecule has 4 rings (SSSR count). The number of fused-ring (bicyclic) bond motifs is 2. The first-order valence-corrected chi connectivity index (χ1v) is 10.6. The zero-order valence-electron chi connectivity index (χ0n) is 17.5. The summed E-state index contributed by atoms with van der Waals surface area (Å²) >= 11 is 0. The number of nitrogens with one attached hydrogen (secondary N) is 4. The Balaban J connectivity index is 1.09. The molecule has 0 spiro atoms. The lowest BCUT2D eigenvalue weighted by molar-refractivity contribution is 0.750. The largest absolute Gasteiger partial charge is 0.386 e. The first-order chi connectivity index (χ1) is 15.4. The summed E-state index contributed by atoms with van der Waals surface area (Å²) in [7, 11) is 0. The molecule has 4 nitrogen and oxygen atoms in total. The van der Waals surface area contributed by atoms with Gasteiger partial charge in [0.1, 0.15) is 0 Å². The Morgan fingerprint density at radius 1 is 0.452 bits per heavy atom. The number of rotatable bonds is 10. The molecule has 0 fully saturated rings. The quantitative estimate of drug-likeness (QED) is 0.221. The molecule has 4 aromatic rings. The van der Waals surface area contributed by atoms with Crippen LogP contribution < -0.4 is 21.3 Å².